The lowest BCUT2D eigenvalue weighted by molar-refractivity contribution is 0.584. The van der Waals surface area contributed by atoms with Crippen LogP contribution in [0.25, 0.3) is 59.1 Å². The second kappa shape index (κ2) is 13.3. The average molecular weight is 794 g/mol. The second-order valence-electron chi connectivity index (χ2n) is 19.3. The van der Waals surface area contributed by atoms with Crippen LogP contribution < -0.4 is 4.90 Å². The average Bonchev–Trinajstić information content (AvgIpc) is 3.83. The fourth-order valence-electron chi connectivity index (χ4n) is 10.6. The molecule has 1 nitrogen and oxygen atoms in total. The SMILES string of the molecule is CC(C)(C)c1ccc2c(c1)C(C)(C)c1ccc(C3=CC=C(N(c4ccccc4-c4ccc5sc6ccccc6c5c4)c4cccc5c4-c4ccccc4C5(C)C)CC3)cc1-2. The third kappa shape index (κ3) is 5.57. The number of nitrogens with zero attached hydrogens (tertiary/aromatic N) is 1. The highest BCUT2D eigenvalue weighted by Gasteiger charge is 2.39. The van der Waals surface area contributed by atoms with E-state index in [1.165, 1.54) is 110 Å². The van der Waals surface area contributed by atoms with Gasteiger partial charge in [0.25, 0.3) is 0 Å². The molecule has 0 saturated carbocycles. The Morgan fingerprint density at radius 3 is 1.98 bits per heavy atom. The molecule has 0 saturated heterocycles. The number of fused-ring (bicyclic) bond motifs is 9. The zero-order valence-electron chi connectivity index (χ0n) is 35.8. The zero-order chi connectivity index (χ0) is 41.1. The summed E-state index contributed by atoms with van der Waals surface area (Å²) in [6, 6.07) is 55.4. The molecule has 0 aliphatic heterocycles. The van der Waals surface area contributed by atoms with Gasteiger partial charge in [-0.3, -0.25) is 0 Å². The maximum Gasteiger partial charge on any atom is 0.0540 e. The number of allylic oxidation sites excluding steroid dienone is 4. The van der Waals surface area contributed by atoms with Crippen molar-refractivity contribution < 1.29 is 0 Å². The first-order valence-corrected chi connectivity index (χ1v) is 22.5. The number of anilines is 2. The Kier molecular flexibility index (Phi) is 8.20. The van der Waals surface area contributed by atoms with Gasteiger partial charge in [-0.05, 0) is 122 Å². The first-order valence-electron chi connectivity index (χ1n) is 21.6. The smallest absolute Gasteiger partial charge is 0.0540 e. The minimum absolute atomic E-state index is 0.0312. The first kappa shape index (κ1) is 37.1. The molecule has 8 aromatic rings. The maximum atomic E-state index is 2.60. The fourth-order valence-corrected chi connectivity index (χ4v) is 11.7. The van der Waals surface area contributed by atoms with E-state index in [1.54, 1.807) is 0 Å². The minimum Gasteiger partial charge on any atom is -0.313 e. The summed E-state index contributed by atoms with van der Waals surface area (Å²) in [5, 5.41) is 2.65. The van der Waals surface area contributed by atoms with Crippen LogP contribution in [-0.2, 0) is 16.2 Å². The molecule has 0 radical (unpaired) electrons. The van der Waals surface area contributed by atoms with Gasteiger partial charge in [0, 0.05) is 47.8 Å². The summed E-state index contributed by atoms with van der Waals surface area (Å²) in [5.74, 6) is 0. The maximum absolute atomic E-state index is 2.60. The van der Waals surface area contributed by atoms with Crippen molar-refractivity contribution in [2.75, 3.05) is 4.90 Å². The van der Waals surface area contributed by atoms with Crippen LogP contribution in [0, 0.1) is 0 Å². The number of hydrogen-bond donors (Lipinski definition) is 0. The van der Waals surface area contributed by atoms with Gasteiger partial charge in [-0.25, -0.2) is 0 Å². The third-order valence-electron chi connectivity index (χ3n) is 14.0. The summed E-state index contributed by atoms with van der Waals surface area (Å²) >= 11 is 1.88. The van der Waals surface area contributed by atoms with Crippen molar-refractivity contribution in [1.29, 1.82) is 0 Å². The topological polar surface area (TPSA) is 3.24 Å². The second-order valence-corrected chi connectivity index (χ2v) is 20.4. The van der Waals surface area contributed by atoms with Crippen LogP contribution in [0.1, 0.15) is 94.7 Å². The van der Waals surface area contributed by atoms with Crippen molar-refractivity contribution in [3.05, 3.63) is 197 Å². The van der Waals surface area contributed by atoms with E-state index in [1.807, 2.05) is 11.3 Å². The lowest BCUT2D eigenvalue weighted by Crippen LogP contribution is -2.20. The lowest BCUT2D eigenvalue weighted by atomic mass is 9.79. The molecule has 0 unspecified atom stereocenters. The lowest BCUT2D eigenvalue weighted by Gasteiger charge is -2.33. The van der Waals surface area contributed by atoms with E-state index in [4.69, 9.17) is 0 Å². The van der Waals surface area contributed by atoms with Gasteiger partial charge < -0.3 is 4.90 Å². The van der Waals surface area contributed by atoms with Crippen molar-refractivity contribution in [1.82, 2.24) is 0 Å². The van der Waals surface area contributed by atoms with E-state index in [-0.39, 0.29) is 16.2 Å². The van der Waals surface area contributed by atoms with Crippen molar-refractivity contribution >= 4 is 48.5 Å². The van der Waals surface area contributed by atoms with Crippen LogP contribution in [0.3, 0.4) is 0 Å². The molecule has 60 heavy (non-hydrogen) atoms. The van der Waals surface area contributed by atoms with Gasteiger partial charge in [0.2, 0.25) is 0 Å². The van der Waals surface area contributed by atoms with Crippen LogP contribution in [0.2, 0.25) is 0 Å². The summed E-state index contributed by atoms with van der Waals surface area (Å²) in [6.07, 6.45) is 6.71. The molecule has 0 amide bonds. The Morgan fingerprint density at radius 2 is 1.17 bits per heavy atom. The minimum atomic E-state index is -0.0960. The standard InChI is InChI=1S/C58H51NS/c1-56(2,3)39-27-30-42-45-33-37(25-31-48(45)58(6,7)50(42)35-39)36-23-28-40(29-24-36)59(52-21-14-19-49-55(52)44-17-8-11-18-47(44)57(49,4)5)51-20-12-9-15-41(51)38-26-32-54-46(34-38)43-16-10-13-22-53(43)60-54/h8-23,25-28,30-35H,24,29H2,1-7H3. The first-order chi connectivity index (χ1) is 28.9. The van der Waals surface area contributed by atoms with Gasteiger partial charge in [0.05, 0.1) is 11.4 Å². The number of hydrogen-bond acceptors (Lipinski definition) is 2. The monoisotopic (exact) mass is 793 g/mol. The Bertz CT molecular complexity index is 3140. The van der Waals surface area contributed by atoms with Crippen LogP contribution >= 0.6 is 11.3 Å². The summed E-state index contributed by atoms with van der Waals surface area (Å²) in [4.78, 5) is 2.60. The Morgan fingerprint density at radius 1 is 0.483 bits per heavy atom. The summed E-state index contributed by atoms with van der Waals surface area (Å²) < 4.78 is 2.66. The predicted octanol–water partition coefficient (Wildman–Crippen LogP) is 16.5. The molecule has 3 aliphatic carbocycles. The molecule has 0 fully saturated rings. The van der Waals surface area contributed by atoms with Gasteiger partial charge >= 0.3 is 0 Å². The highest BCUT2D eigenvalue weighted by Crippen LogP contribution is 2.55. The molecule has 2 heteroatoms. The van der Waals surface area contributed by atoms with Gasteiger partial charge in [-0.2, -0.15) is 0 Å². The van der Waals surface area contributed by atoms with Crippen LogP contribution in [0.5, 0.6) is 0 Å². The molecular weight excluding hydrogens is 743 g/mol. The molecule has 7 aromatic carbocycles. The predicted molar refractivity (Wildman–Crippen MR) is 259 cm³/mol. The Balaban J connectivity index is 1.06. The molecule has 0 bridgehead atoms. The van der Waals surface area contributed by atoms with Crippen LogP contribution in [0.15, 0.2) is 163 Å². The Labute approximate surface area is 359 Å². The fraction of sp³-hybridized carbons (Fsp3) is 0.207. The van der Waals surface area contributed by atoms with E-state index < -0.39 is 0 Å². The molecule has 294 valence electrons. The highest BCUT2D eigenvalue weighted by atomic mass is 32.1. The molecule has 11 rings (SSSR count). The highest BCUT2D eigenvalue weighted by molar-refractivity contribution is 7.25. The van der Waals surface area contributed by atoms with Crippen molar-refractivity contribution in [3.8, 4) is 33.4 Å². The van der Waals surface area contributed by atoms with Gasteiger partial charge in [-0.1, -0.05) is 164 Å². The van der Waals surface area contributed by atoms with E-state index in [9.17, 15) is 0 Å². The number of para-hydroxylation sites is 1. The quantitative estimate of drug-likeness (QED) is 0.168. The van der Waals surface area contributed by atoms with Crippen molar-refractivity contribution in [2.24, 2.45) is 0 Å². The largest absolute Gasteiger partial charge is 0.313 e. The van der Waals surface area contributed by atoms with Crippen LogP contribution in [-0.4, -0.2) is 0 Å². The van der Waals surface area contributed by atoms with E-state index >= 15 is 0 Å². The zero-order valence-corrected chi connectivity index (χ0v) is 36.6. The number of benzene rings is 7. The molecule has 0 N–H and O–H groups in total. The summed E-state index contributed by atoms with van der Waals surface area (Å²) in [5.41, 5.74) is 21.5. The van der Waals surface area contributed by atoms with E-state index in [2.05, 4.69) is 211 Å². The van der Waals surface area contributed by atoms with E-state index in [0.29, 0.717) is 0 Å². The molecule has 1 heterocycles. The summed E-state index contributed by atoms with van der Waals surface area (Å²) in [6.45, 7) is 16.5. The molecule has 0 spiro atoms. The third-order valence-corrected chi connectivity index (χ3v) is 15.1. The van der Waals surface area contributed by atoms with Crippen LogP contribution in [0.4, 0.5) is 11.4 Å². The molecule has 3 aliphatic rings. The number of rotatable bonds is 5. The molecule has 0 atom stereocenters. The van der Waals surface area contributed by atoms with Crippen molar-refractivity contribution in [2.45, 2.75) is 77.6 Å². The normalized spacial score (nSPS) is 15.9. The molecular formula is C58H51NS. The summed E-state index contributed by atoms with van der Waals surface area (Å²) in [7, 11) is 0. The number of thiophene rings is 1. The van der Waals surface area contributed by atoms with Gasteiger partial charge in [0.15, 0.2) is 0 Å². The van der Waals surface area contributed by atoms with Crippen molar-refractivity contribution in [3.63, 3.8) is 0 Å². The Hall–Kier alpha value is -5.96. The van der Waals surface area contributed by atoms with Gasteiger partial charge in [0.1, 0.15) is 0 Å². The molecule has 1 aromatic heterocycles. The van der Waals surface area contributed by atoms with E-state index in [0.717, 1.165) is 12.8 Å². The van der Waals surface area contributed by atoms with Gasteiger partial charge in [-0.15, -0.1) is 11.3 Å².